The summed E-state index contributed by atoms with van der Waals surface area (Å²) in [5, 5.41) is 21.1. The first kappa shape index (κ1) is 29.3. The Bertz CT molecular complexity index is 2650. The number of nitrogens with zero attached hydrogens (tertiary/aromatic N) is 3. The number of rotatable bonds is 5. The molecule has 8 aromatic carbocycles. The van der Waals surface area contributed by atoms with Crippen LogP contribution >= 0.6 is 0 Å². The number of aliphatic imine (C=N–C) groups is 2. The average Bonchev–Trinajstić information content (AvgIpc) is 3.21. The molecular weight excluding hydrogens is 609 g/mol. The van der Waals surface area contributed by atoms with Crippen LogP contribution < -0.4 is 5.32 Å². The van der Waals surface area contributed by atoms with E-state index in [4.69, 9.17) is 9.98 Å². The number of fused-ring (bicyclic) bond motifs is 6. The van der Waals surface area contributed by atoms with Gasteiger partial charge in [0.15, 0.2) is 5.84 Å². The van der Waals surface area contributed by atoms with Crippen molar-refractivity contribution in [3.63, 3.8) is 0 Å². The minimum Gasteiger partial charge on any atom is -0.344 e. The lowest BCUT2D eigenvalue weighted by Gasteiger charge is -2.24. The third-order valence-electron chi connectivity index (χ3n) is 9.50. The van der Waals surface area contributed by atoms with Gasteiger partial charge in [0.1, 0.15) is 12.0 Å². The van der Waals surface area contributed by atoms with Gasteiger partial charge in [0.25, 0.3) is 0 Å². The molecule has 1 N–H and O–H groups in total. The summed E-state index contributed by atoms with van der Waals surface area (Å²) in [6, 6.07) is 61.1. The third-order valence-corrected chi connectivity index (χ3v) is 9.50. The van der Waals surface area contributed by atoms with E-state index in [-0.39, 0.29) is 6.17 Å². The Hall–Kier alpha value is -6.83. The summed E-state index contributed by atoms with van der Waals surface area (Å²) in [5.41, 5.74) is 7.62. The Balaban J connectivity index is 1.14. The van der Waals surface area contributed by atoms with Gasteiger partial charge in [0, 0.05) is 11.1 Å². The zero-order valence-corrected chi connectivity index (χ0v) is 27.1. The molecule has 0 aliphatic carbocycles. The van der Waals surface area contributed by atoms with Gasteiger partial charge in [-0.1, -0.05) is 140 Å². The number of benzene rings is 8. The Morgan fingerprint density at radius 1 is 0.440 bits per heavy atom. The quantitative estimate of drug-likeness (QED) is 0.191. The molecular formula is C46H30N4. The van der Waals surface area contributed by atoms with Crippen LogP contribution in [0.25, 0.3) is 54.6 Å². The zero-order valence-electron chi connectivity index (χ0n) is 27.1. The van der Waals surface area contributed by atoms with E-state index in [2.05, 4.69) is 115 Å². The molecule has 50 heavy (non-hydrogen) atoms. The van der Waals surface area contributed by atoms with Gasteiger partial charge in [0.2, 0.25) is 0 Å². The molecule has 8 aromatic rings. The molecule has 0 bridgehead atoms. The molecule has 1 atom stereocenters. The van der Waals surface area contributed by atoms with Crippen molar-refractivity contribution < 1.29 is 0 Å². The fourth-order valence-electron chi connectivity index (χ4n) is 7.08. The largest absolute Gasteiger partial charge is 0.344 e. The zero-order chi connectivity index (χ0) is 33.4. The SMILES string of the molecule is N#Cc1cc(-c2cccc(C3=NC(c4ccccc4)=NC(c4ccccc4)N3)c2)cc(-c2ccc3c4ccccc4c4ccccc4c3c2)c1. The normalized spacial score (nSPS) is 14.2. The van der Waals surface area contributed by atoms with Crippen LogP contribution in [0.15, 0.2) is 180 Å². The van der Waals surface area contributed by atoms with Crippen molar-refractivity contribution in [1.29, 1.82) is 5.26 Å². The van der Waals surface area contributed by atoms with Gasteiger partial charge < -0.3 is 5.32 Å². The van der Waals surface area contributed by atoms with Crippen molar-refractivity contribution in [2.45, 2.75) is 6.17 Å². The molecule has 1 aliphatic heterocycles. The Morgan fingerprint density at radius 2 is 0.960 bits per heavy atom. The van der Waals surface area contributed by atoms with E-state index in [0.29, 0.717) is 11.4 Å². The molecule has 9 rings (SSSR count). The minimum atomic E-state index is -0.280. The monoisotopic (exact) mass is 638 g/mol. The van der Waals surface area contributed by atoms with E-state index in [1.54, 1.807) is 0 Å². The van der Waals surface area contributed by atoms with Gasteiger partial charge in [-0.3, -0.25) is 0 Å². The molecule has 0 spiro atoms. The van der Waals surface area contributed by atoms with E-state index in [1.165, 1.54) is 32.3 Å². The van der Waals surface area contributed by atoms with Gasteiger partial charge in [-0.2, -0.15) is 5.26 Å². The lowest BCUT2D eigenvalue weighted by Crippen LogP contribution is -2.33. The van der Waals surface area contributed by atoms with Crippen molar-refractivity contribution in [2.24, 2.45) is 9.98 Å². The molecule has 1 unspecified atom stereocenters. The second kappa shape index (κ2) is 12.3. The van der Waals surface area contributed by atoms with Gasteiger partial charge in [-0.15, -0.1) is 0 Å². The molecule has 0 radical (unpaired) electrons. The maximum Gasteiger partial charge on any atom is 0.159 e. The fourth-order valence-corrected chi connectivity index (χ4v) is 7.08. The summed E-state index contributed by atoms with van der Waals surface area (Å²) in [5.74, 6) is 1.43. The van der Waals surface area contributed by atoms with Gasteiger partial charge in [0.05, 0.1) is 11.6 Å². The summed E-state index contributed by atoms with van der Waals surface area (Å²) >= 11 is 0. The molecule has 0 amide bonds. The highest BCUT2D eigenvalue weighted by Gasteiger charge is 2.21. The van der Waals surface area contributed by atoms with Crippen LogP contribution in [-0.4, -0.2) is 11.7 Å². The maximum absolute atomic E-state index is 10.2. The van der Waals surface area contributed by atoms with Crippen molar-refractivity contribution in [1.82, 2.24) is 5.32 Å². The fraction of sp³-hybridized carbons (Fsp3) is 0.0217. The highest BCUT2D eigenvalue weighted by molar-refractivity contribution is 6.25. The van der Waals surface area contributed by atoms with Crippen LogP contribution in [0.1, 0.15) is 28.4 Å². The van der Waals surface area contributed by atoms with E-state index >= 15 is 0 Å². The summed E-state index contributed by atoms with van der Waals surface area (Å²) in [4.78, 5) is 10.00. The highest BCUT2D eigenvalue weighted by Crippen LogP contribution is 2.38. The predicted molar refractivity (Wildman–Crippen MR) is 206 cm³/mol. The summed E-state index contributed by atoms with van der Waals surface area (Å²) in [6.07, 6.45) is -0.280. The van der Waals surface area contributed by atoms with Crippen molar-refractivity contribution in [2.75, 3.05) is 0 Å². The lowest BCUT2D eigenvalue weighted by molar-refractivity contribution is 0.674. The van der Waals surface area contributed by atoms with Crippen LogP contribution in [0.4, 0.5) is 0 Å². The topological polar surface area (TPSA) is 60.5 Å². The Labute approximate surface area is 290 Å². The van der Waals surface area contributed by atoms with E-state index in [9.17, 15) is 5.26 Å². The highest BCUT2D eigenvalue weighted by atomic mass is 15.2. The first-order chi connectivity index (χ1) is 24.7. The Morgan fingerprint density at radius 3 is 1.62 bits per heavy atom. The van der Waals surface area contributed by atoms with Gasteiger partial charge in [-0.25, -0.2) is 9.98 Å². The number of nitrogens with one attached hydrogen (secondary N) is 1. The van der Waals surface area contributed by atoms with Crippen molar-refractivity contribution >= 4 is 44.0 Å². The molecule has 4 nitrogen and oxygen atoms in total. The van der Waals surface area contributed by atoms with Crippen molar-refractivity contribution in [3.05, 3.63) is 192 Å². The van der Waals surface area contributed by atoms with Crippen LogP contribution in [0.3, 0.4) is 0 Å². The molecule has 0 saturated heterocycles. The van der Waals surface area contributed by atoms with E-state index in [0.717, 1.165) is 44.8 Å². The maximum atomic E-state index is 10.2. The molecule has 0 saturated carbocycles. The molecule has 0 aromatic heterocycles. The summed E-state index contributed by atoms with van der Waals surface area (Å²) in [7, 11) is 0. The first-order valence-corrected chi connectivity index (χ1v) is 16.7. The van der Waals surface area contributed by atoms with Gasteiger partial charge >= 0.3 is 0 Å². The molecule has 234 valence electrons. The predicted octanol–water partition coefficient (Wildman–Crippen LogP) is 10.8. The number of hydrogen-bond donors (Lipinski definition) is 1. The number of hydrogen-bond acceptors (Lipinski definition) is 4. The molecule has 0 fully saturated rings. The molecule has 1 heterocycles. The lowest BCUT2D eigenvalue weighted by atomic mass is 9.90. The minimum absolute atomic E-state index is 0.280. The van der Waals surface area contributed by atoms with Crippen LogP contribution in [0.2, 0.25) is 0 Å². The second-order valence-electron chi connectivity index (χ2n) is 12.6. The smallest absolute Gasteiger partial charge is 0.159 e. The first-order valence-electron chi connectivity index (χ1n) is 16.7. The summed E-state index contributed by atoms with van der Waals surface area (Å²) in [6.45, 7) is 0. The molecule has 4 heteroatoms. The molecule has 1 aliphatic rings. The van der Waals surface area contributed by atoms with Gasteiger partial charge in [-0.05, 0) is 90.5 Å². The third kappa shape index (κ3) is 5.28. The van der Waals surface area contributed by atoms with Crippen LogP contribution in [0.5, 0.6) is 0 Å². The average molecular weight is 639 g/mol. The summed E-state index contributed by atoms with van der Waals surface area (Å²) < 4.78 is 0. The number of nitriles is 1. The van der Waals surface area contributed by atoms with E-state index in [1.807, 2.05) is 66.7 Å². The van der Waals surface area contributed by atoms with Crippen LogP contribution in [-0.2, 0) is 0 Å². The van der Waals surface area contributed by atoms with E-state index < -0.39 is 0 Å². The van der Waals surface area contributed by atoms with Crippen LogP contribution in [0, 0.1) is 11.3 Å². The van der Waals surface area contributed by atoms with Crippen molar-refractivity contribution in [3.8, 4) is 28.3 Å². The Kier molecular flexibility index (Phi) is 7.22. The standard InChI is InChI=1S/C46H30N4/c47-29-30-24-36(27-37(25-30)34-22-23-42-40-20-8-7-18-38(40)39-19-9-10-21-41(39)43(42)28-34)33-16-11-17-35(26-33)46-49-44(31-12-3-1-4-13-31)48-45(50-46)32-14-5-2-6-15-32/h1-28,44H,(H,48,49,50). The second-order valence-corrected chi connectivity index (χ2v) is 12.6. The number of amidine groups is 2.